The van der Waals surface area contributed by atoms with Crippen LogP contribution < -0.4 is 5.32 Å². The zero-order valence-electron chi connectivity index (χ0n) is 11.5. The molecule has 3 aliphatic rings. The Bertz CT molecular complexity index is 312. The van der Waals surface area contributed by atoms with Gasteiger partial charge < -0.3 is 10.2 Å². The van der Waals surface area contributed by atoms with Gasteiger partial charge in [0, 0.05) is 18.6 Å². The van der Waals surface area contributed by atoms with E-state index >= 15 is 0 Å². The van der Waals surface area contributed by atoms with Gasteiger partial charge in [-0.3, -0.25) is 4.79 Å². The molecule has 1 saturated carbocycles. The van der Waals surface area contributed by atoms with E-state index in [9.17, 15) is 4.79 Å². The number of piperidine rings is 1. The van der Waals surface area contributed by atoms with Gasteiger partial charge in [0.1, 0.15) is 0 Å². The molecule has 18 heavy (non-hydrogen) atoms. The van der Waals surface area contributed by atoms with Gasteiger partial charge in [-0.15, -0.1) is 0 Å². The quantitative estimate of drug-likeness (QED) is 0.773. The van der Waals surface area contributed by atoms with Crippen LogP contribution in [0.25, 0.3) is 0 Å². The first kappa shape index (κ1) is 12.5. The second-order valence-corrected chi connectivity index (χ2v) is 6.49. The van der Waals surface area contributed by atoms with Crippen molar-refractivity contribution in [2.24, 2.45) is 11.8 Å². The van der Waals surface area contributed by atoms with Crippen molar-refractivity contribution in [3.05, 3.63) is 0 Å². The maximum atomic E-state index is 12.8. The number of hydrogen-bond acceptors (Lipinski definition) is 2. The Kier molecular flexibility index (Phi) is 3.60. The number of amides is 1. The molecule has 4 atom stereocenters. The summed E-state index contributed by atoms with van der Waals surface area (Å²) in [6, 6.07) is 1.05. The van der Waals surface area contributed by atoms with Crippen LogP contribution in [0.15, 0.2) is 0 Å². The van der Waals surface area contributed by atoms with E-state index in [4.69, 9.17) is 0 Å². The Morgan fingerprint density at radius 1 is 1.17 bits per heavy atom. The highest BCUT2D eigenvalue weighted by Gasteiger charge is 2.44. The summed E-state index contributed by atoms with van der Waals surface area (Å²) >= 11 is 0. The molecule has 1 amide bonds. The highest BCUT2D eigenvalue weighted by atomic mass is 16.2. The lowest BCUT2D eigenvalue weighted by atomic mass is 9.84. The fourth-order valence-corrected chi connectivity index (χ4v) is 4.36. The molecule has 0 radical (unpaired) electrons. The molecule has 3 fully saturated rings. The Hall–Kier alpha value is -0.570. The third-order valence-corrected chi connectivity index (χ3v) is 5.25. The molecular weight excluding hydrogens is 224 g/mol. The molecule has 0 bridgehead atoms. The van der Waals surface area contributed by atoms with Crippen molar-refractivity contribution in [2.45, 2.75) is 64.0 Å². The summed E-state index contributed by atoms with van der Waals surface area (Å²) in [5, 5.41) is 3.38. The number of nitrogens with zero attached hydrogens (tertiary/aromatic N) is 1. The van der Waals surface area contributed by atoms with Gasteiger partial charge in [0.2, 0.25) is 5.91 Å². The highest BCUT2D eigenvalue weighted by Crippen LogP contribution is 2.40. The second-order valence-electron chi connectivity index (χ2n) is 6.49. The predicted molar refractivity (Wildman–Crippen MR) is 72.3 cm³/mol. The van der Waals surface area contributed by atoms with Gasteiger partial charge in [0.25, 0.3) is 0 Å². The summed E-state index contributed by atoms with van der Waals surface area (Å²) in [7, 11) is 0. The van der Waals surface area contributed by atoms with Gasteiger partial charge in [-0.1, -0.05) is 12.8 Å². The number of rotatable bonds is 1. The van der Waals surface area contributed by atoms with E-state index in [1.165, 1.54) is 32.1 Å². The Balaban J connectivity index is 1.71. The van der Waals surface area contributed by atoms with Crippen LogP contribution >= 0.6 is 0 Å². The molecule has 3 nitrogen and oxygen atoms in total. The fourth-order valence-electron chi connectivity index (χ4n) is 4.36. The Labute approximate surface area is 110 Å². The van der Waals surface area contributed by atoms with Crippen LogP contribution in [0.3, 0.4) is 0 Å². The Morgan fingerprint density at radius 2 is 2.00 bits per heavy atom. The minimum absolute atomic E-state index is 0.252. The van der Waals surface area contributed by atoms with E-state index in [2.05, 4.69) is 17.1 Å². The van der Waals surface area contributed by atoms with Crippen molar-refractivity contribution in [1.82, 2.24) is 10.2 Å². The van der Waals surface area contributed by atoms with Gasteiger partial charge in [0.05, 0.1) is 5.92 Å². The largest absolute Gasteiger partial charge is 0.336 e. The molecule has 3 rings (SSSR count). The molecule has 2 aliphatic heterocycles. The average molecular weight is 250 g/mol. The van der Waals surface area contributed by atoms with E-state index in [0.29, 0.717) is 18.0 Å². The van der Waals surface area contributed by atoms with Crippen molar-refractivity contribution >= 4 is 5.91 Å². The number of hydrogen-bond donors (Lipinski definition) is 1. The van der Waals surface area contributed by atoms with Gasteiger partial charge in [-0.25, -0.2) is 0 Å². The molecule has 2 saturated heterocycles. The Morgan fingerprint density at radius 3 is 2.78 bits per heavy atom. The van der Waals surface area contributed by atoms with E-state index in [1.807, 2.05) is 0 Å². The molecule has 4 unspecified atom stereocenters. The molecule has 0 aromatic heterocycles. The number of nitrogens with one attached hydrogen (secondary N) is 1. The van der Waals surface area contributed by atoms with Crippen LogP contribution in [0.2, 0.25) is 0 Å². The number of likely N-dealkylation sites (tertiary alicyclic amines) is 1. The molecule has 0 spiro atoms. The average Bonchev–Trinajstić information content (AvgIpc) is 2.75. The molecule has 0 aromatic rings. The normalized spacial score (nSPS) is 40.6. The molecule has 0 aromatic carbocycles. The number of fused-ring (bicyclic) bond motifs is 1. The number of carbonyl (C=O) groups excluding carboxylic acids is 1. The van der Waals surface area contributed by atoms with Crippen molar-refractivity contribution in [2.75, 3.05) is 13.1 Å². The molecule has 3 heteroatoms. The first-order valence-corrected chi connectivity index (χ1v) is 7.80. The molecule has 2 heterocycles. The molecular formula is C15H26N2O. The lowest BCUT2D eigenvalue weighted by molar-refractivity contribution is -0.139. The topological polar surface area (TPSA) is 32.3 Å². The number of carbonyl (C=O) groups is 1. The van der Waals surface area contributed by atoms with Crippen LogP contribution in [-0.2, 0) is 4.79 Å². The highest BCUT2D eigenvalue weighted by molar-refractivity contribution is 5.80. The van der Waals surface area contributed by atoms with E-state index in [1.54, 1.807) is 0 Å². The molecule has 102 valence electrons. The van der Waals surface area contributed by atoms with Crippen LogP contribution in [0.5, 0.6) is 0 Å². The maximum Gasteiger partial charge on any atom is 0.227 e. The first-order valence-electron chi connectivity index (χ1n) is 7.80. The summed E-state index contributed by atoms with van der Waals surface area (Å²) in [5.41, 5.74) is 0. The van der Waals surface area contributed by atoms with Gasteiger partial charge in [-0.2, -0.15) is 0 Å². The summed E-state index contributed by atoms with van der Waals surface area (Å²) < 4.78 is 0. The van der Waals surface area contributed by atoms with E-state index in [0.717, 1.165) is 31.8 Å². The standard InChI is InChI=1S/C15H26N2O/c1-11-9-12-5-2-3-7-14(12)17(11)15(18)13-6-4-8-16-10-13/h11-14,16H,2-10H2,1H3. The van der Waals surface area contributed by atoms with Crippen LogP contribution in [0.1, 0.15) is 51.9 Å². The SMILES string of the molecule is CC1CC2CCCCC2N1C(=O)C1CCCNC1. The van der Waals surface area contributed by atoms with Gasteiger partial charge >= 0.3 is 0 Å². The second kappa shape index (κ2) is 5.20. The molecule has 1 aliphatic carbocycles. The lowest BCUT2D eigenvalue weighted by Gasteiger charge is -2.36. The third kappa shape index (κ3) is 2.18. The monoisotopic (exact) mass is 250 g/mol. The molecule has 1 N–H and O–H groups in total. The summed E-state index contributed by atoms with van der Waals surface area (Å²) in [6.45, 7) is 4.25. The van der Waals surface area contributed by atoms with E-state index < -0.39 is 0 Å². The zero-order valence-corrected chi connectivity index (χ0v) is 11.5. The van der Waals surface area contributed by atoms with Crippen LogP contribution in [0, 0.1) is 11.8 Å². The minimum atomic E-state index is 0.252. The zero-order chi connectivity index (χ0) is 12.5. The summed E-state index contributed by atoms with van der Waals surface area (Å²) in [6.07, 6.45) is 8.79. The van der Waals surface area contributed by atoms with Crippen LogP contribution in [0.4, 0.5) is 0 Å². The van der Waals surface area contributed by atoms with Crippen LogP contribution in [-0.4, -0.2) is 36.0 Å². The van der Waals surface area contributed by atoms with Gasteiger partial charge in [0.15, 0.2) is 0 Å². The third-order valence-electron chi connectivity index (χ3n) is 5.25. The van der Waals surface area contributed by atoms with Crippen molar-refractivity contribution in [3.63, 3.8) is 0 Å². The van der Waals surface area contributed by atoms with Crippen molar-refractivity contribution in [3.8, 4) is 0 Å². The maximum absolute atomic E-state index is 12.8. The lowest BCUT2D eigenvalue weighted by Crippen LogP contribution is -2.48. The summed E-state index contributed by atoms with van der Waals surface area (Å²) in [4.78, 5) is 15.0. The van der Waals surface area contributed by atoms with Gasteiger partial charge in [-0.05, 0) is 51.5 Å². The first-order chi connectivity index (χ1) is 8.77. The summed E-state index contributed by atoms with van der Waals surface area (Å²) in [5.74, 6) is 1.50. The smallest absolute Gasteiger partial charge is 0.227 e. The van der Waals surface area contributed by atoms with E-state index in [-0.39, 0.29) is 5.92 Å². The van der Waals surface area contributed by atoms with Crippen molar-refractivity contribution < 1.29 is 4.79 Å². The fraction of sp³-hybridized carbons (Fsp3) is 0.933. The minimum Gasteiger partial charge on any atom is -0.336 e. The predicted octanol–water partition coefficient (Wildman–Crippen LogP) is 2.17. The van der Waals surface area contributed by atoms with Crippen molar-refractivity contribution in [1.29, 1.82) is 0 Å².